The topological polar surface area (TPSA) is 59.2 Å². The molecular weight excluding hydrogens is 353 g/mol. The normalized spacial score (nSPS) is 17.4. The zero-order valence-electron chi connectivity index (χ0n) is 14.1. The van der Waals surface area contributed by atoms with Gasteiger partial charge in [0.25, 0.3) is 5.91 Å². The van der Waals surface area contributed by atoms with Crippen molar-refractivity contribution in [1.82, 2.24) is 15.1 Å². The molecule has 3 heterocycles. The van der Waals surface area contributed by atoms with Crippen LogP contribution >= 0.6 is 11.3 Å². The minimum absolute atomic E-state index is 0.0575. The van der Waals surface area contributed by atoms with E-state index < -0.39 is 0 Å². The quantitative estimate of drug-likeness (QED) is 0.698. The van der Waals surface area contributed by atoms with Crippen molar-refractivity contribution >= 4 is 17.2 Å². The summed E-state index contributed by atoms with van der Waals surface area (Å²) in [5.74, 6) is 0.940. The minimum Gasteiger partial charge on any atom is -0.425 e. The lowest BCUT2D eigenvalue weighted by molar-refractivity contribution is 0.0703. The van der Waals surface area contributed by atoms with E-state index in [1.165, 1.54) is 23.5 Å². The Morgan fingerprint density at radius 1 is 1.27 bits per heavy atom. The molecule has 1 saturated heterocycles. The van der Waals surface area contributed by atoms with Crippen molar-refractivity contribution in [2.24, 2.45) is 0 Å². The second-order valence-electron chi connectivity index (χ2n) is 6.40. The number of likely N-dealkylation sites (tertiary alicyclic amines) is 1. The van der Waals surface area contributed by atoms with Crippen molar-refractivity contribution in [3.63, 3.8) is 0 Å². The van der Waals surface area contributed by atoms with E-state index in [1.807, 2.05) is 22.4 Å². The first-order valence-corrected chi connectivity index (χ1v) is 9.46. The van der Waals surface area contributed by atoms with Crippen LogP contribution in [0.15, 0.2) is 46.2 Å². The molecular formula is C19H18FN3O2S. The summed E-state index contributed by atoms with van der Waals surface area (Å²) >= 11 is 1.46. The van der Waals surface area contributed by atoms with Crippen LogP contribution in [0.5, 0.6) is 0 Å². The van der Waals surface area contributed by atoms with E-state index >= 15 is 0 Å². The van der Waals surface area contributed by atoms with E-state index in [2.05, 4.69) is 10.2 Å². The van der Waals surface area contributed by atoms with Crippen molar-refractivity contribution in [2.45, 2.75) is 25.2 Å². The van der Waals surface area contributed by atoms with E-state index in [0.29, 0.717) is 24.7 Å². The van der Waals surface area contributed by atoms with Gasteiger partial charge in [-0.1, -0.05) is 18.2 Å². The highest BCUT2D eigenvalue weighted by Gasteiger charge is 2.29. The Morgan fingerprint density at radius 3 is 2.88 bits per heavy atom. The summed E-state index contributed by atoms with van der Waals surface area (Å²) in [5, 5.41) is 10.2. The second kappa shape index (κ2) is 7.37. The minimum atomic E-state index is -0.266. The Hall–Kier alpha value is -2.54. The van der Waals surface area contributed by atoms with Gasteiger partial charge in [0.2, 0.25) is 11.8 Å². The molecule has 2 aromatic heterocycles. The van der Waals surface area contributed by atoms with Crippen LogP contribution in [0, 0.1) is 5.82 Å². The average molecular weight is 371 g/mol. The van der Waals surface area contributed by atoms with Crippen LogP contribution < -0.4 is 0 Å². The highest BCUT2D eigenvalue weighted by Crippen LogP contribution is 2.28. The number of carbonyl (C=O) groups is 1. The van der Waals surface area contributed by atoms with Gasteiger partial charge in [0, 0.05) is 13.1 Å². The van der Waals surface area contributed by atoms with Crippen LogP contribution in [0.1, 0.15) is 45.8 Å². The molecule has 0 aliphatic carbocycles. The number of nitrogens with zero attached hydrogens (tertiary/aromatic N) is 3. The molecule has 5 nitrogen and oxygen atoms in total. The van der Waals surface area contributed by atoms with Gasteiger partial charge < -0.3 is 9.32 Å². The second-order valence-corrected chi connectivity index (χ2v) is 7.35. The number of hydrogen-bond acceptors (Lipinski definition) is 5. The molecule has 26 heavy (non-hydrogen) atoms. The molecule has 1 atom stereocenters. The number of halogens is 1. The predicted molar refractivity (Wildman–Crippen MR) is 95.7 cm³/mol. The highest BCUT2D eigenvalue weighted by atomic mass is 32.1. The predicted octanol–water partition coefficient (Wildman–Crippen LogP) is 3.88. The zero-order chi connectivity index (χ0) is 17.9. The van der Waals surface area contributed by atoms with Crippen molar-refractivity contribution < 1.29 is 13.6 Å². The Bertz CT molecular complexity index is 877. The van der Waals surface area contributed by atoms with E-state index in [-0.39, 0.29) is 17.6 Å². The molecule has 1 fully saturated rings. The van der Waals surface area contributed by atoms with Crippen LogP contribution in [0.2, 0.25) is 0 Å². The summed E-state index contributed by atoms with van der Waals surface area (Å²) in [7, 11) is 0. The molecule has 0 saturated carbocycles. The fourth-order valence-corrected chi connectivity index (χ4v) is 3.89. The summed E-state index contributed by atoms with van der Waals surface area (Å²) in [5.41, 5.74) is 0.916. The number of thiophene rings is 1. The maximum atomic E-state index is 13.0. The van der Waals surface area contributed by atoms with Gasteiger partial charge in [-0.3, -0.25) is 4.79 Å². The molecule has 4 rings (SSSR count). The van der Waals surface area contributed by atoms with E-state index in [0.717, 1.165) is 29.8 Å². The molecule has 134 valence electrons. The number of rotatable bonds is 4. The maximum Gasteiger partial charge on any atom is 0.263 e. The Balaban J connectivity index is 1.43. The van der Waals surface area contributed by atoms with Crippen molar-refractivity contribution in [3.05, 3.63) is 69.8 Å². The Kier molecular flexibility index (Phi) is 4.79. The average Bonchev–Trinajstić information content (AvgIpc) is 3.35. The fourth-order valence-electron chi connectivity index (χ4n) is 3.20. The lowest BCUT2D eigenvalue weighted by Gasteiger charge is -2.30. The molecule has 3 aromatic rings. The first-order valence-electron chi connectivity index (χ1n) is 8.58. The first-order chi connectivity index (χ1) is 12.7. The molecule has 1 aliphatic heterocycles. The van der Waals surface area contributed by atoms with Gasteiger partial charge in [-0.05, 0) is 42.0 Å². The standard InChI is InChI=1S/C19H18FN3O2S/c20-15-7-5-13(6-8-15)11-17-21-22-18(25-17)14-3-1-9-23(12-14)19(24)16-4-2-10-26-16/h2,4-8,10,14H,1,3,9,11-12H2/t14-/m1/s1. The number of hydrogen-bond donors (Lipinski definition) is 0. The number of amides is 1. The molecule has 0 spiro atoms. The summed E-state index contributed by atoms with van der Waals surface area (Å²) in [6.45, 7) is 1.35. The summed E-state index contributed by atoms with van der Waals surface area (Å²) in [4.78, 5) is 15.2. The molecule has 0 unspecified atom stereocenters. The number of piperidine rings is 1. The maximum absolute atomic E-state index is 13.0. The van der Waals surface area contributed by atoms with Crippen molar-refractivity contribution in [1.29, 1.82) is 0 Å². The third-order valence-electron chi connectivity index (χ3n) is 4.54. The SMILES string of the molecule is O=C(c1cccs1)N1CCC[C@@H](c2nnc(Cc3ccc(F)cc3)o2)C1. The summed E-state index contributed by atoms with van der Waals surface area (Å²) in [6, 6.07) is 10.00. The molecule has 0 radical (unpaired) electrons. The van der Waals surface area contributed by atoms with Crippen LogP contribution in [0.3, 0.4) is 0 Å². The van der Waals surface area contributed by atoms with E-state index in [4.69, 9.17) is 4.42 Å². The summed E-state index contributed by atoms with van der Waals surface area (Å²) in [6.07, 6.45) is 2.31. The largest absolute Gasteiger partial charge is 0.425 e. The van der Waals surface area contributed by atoms with Crippen molar-refractivity contribution in [3.8, 4) is 0 Å². The molecule has 1 aromatic carbocycles. The fraction of sp³-hybridized carbons (Fsp3) is 0.316. The Morgan fingerprint density at radius 2 is 2.12 bits per heavy atom. The van der Waals surface area contributed by atoms with Gasteiger partial charge >= 0.3 is 0 Å². The number of aromatic nitrogens is 2. The lowest BCUT2D eigenvalue weighted by atomic mass is 9.98. The Labute approximate surface area is 154 Å². The van der Waals surface area contributed by atoms with Gasteiger partial charge in [-0.15, -0.1) is 21.5 Å². The van der Waals surface area contributed by atoms with Crippen LogP contribution in [0.25, 0.3) is 0 Å². The third-order valence-corrected chi connectivity index (χ3v) is 5.40. The van der Waals surface area contributed by atoms with E-state index in [1.54, 1.807) is 12.1 Å². The lowest BCUT2D eigenvalue weighted by Crippen LogP contribution is -2.38. The van der Waals surface area contributed by atoms with Crippen LogP contribution in [-0.4, -0.2) is 34.1 Å². The smallest absolute Gasteiger partial charge is 0.263 e. The van der Waals surface area contributed by atoms with Gasteiger partial charge in [-0.2, -0.15) is 0 Å². The molecule has 0 bridgehead atoms. The first kappa shape index (κ1) is 16.9. The highest BCUT2D eigenvalue weighted by molar-refractivity contribution is 7.12. The molecule has 1 aliphatic rings. The summed E-state index contributed by atoms with van der Waals surface area (Å²) < 4.78 is 18.8. The molecule has 1 amide bonds. The zero-order valence-corrected chi connectivity index (χ0v) is 14.9. The van der Waals surface area contributed by atoms with Crippen molar-refractivity contribution in [2.75, 3.05) is 13.1 Å². The van der Waals surface area contributed by atoms with Crippen LogP contribution in [0.4, 0.5) is 4.39 Å². The monoisotopic (exact) mass is 371 g/mol. The third kappa shape index (κ3) is 3.67. The van der Waals surface area contributed by atoms with E-state index in [9.17, 15) is 9.18 Å². The number of carbonyl (C=O) groups excluding carboxylic acids is 1. The molecule has 0 N–H and O–H groups in total. The molecule has 7 heteroatoms. The number of benzene rings is 1. The van der Waals surface area contributed by atoms with Gasteiger partial charge in [0.05, 0.1) is 17.2 Å². The van der Waals surface area contributed by atoms with Gasteiger partial charge in [0.15, 0.2) is 0 Å². The van der Waals surface area contributed by atoms with Crippen LogP contribution in [-0.2, 0) is 6.42 Å². The van der Waals surface area contributed by atoms with Gasteiger partial charge in [-0.25, -0.2) is 4.39 Å². The van der Waals surface area contributed by atoms with Gasteiger partial charge in [0.1, 0.15) is 5.82 Å².